The monoisotopic (exact) mass is 646 g/mol. The molecule has 0 atom stereocenters. The number of nitrogens with zero attached hydrogens (tertiary/aromatic N) is 4. The van der Waals surface area contributed by atoms with Crippen LogP contribution in [-0.2, 0) is 0 Å². The molecule has 2 aromatic carbocycles. The smallest absolute Gasteiger partial charge is 0.261 e. The lowest BCUT2D eigenvalue weighted by molar-refractivity contribution is -0.915. The van der Waals surface area contributed by atoms with Gasteiger partial charge in [0.15, 0.2) is 5.65 Å². The zero-order chi connectivity index (χ0) is 33.6. The molecule has 2 aromatic heterocycles. The SMILES string of the molecule is CC[N+]1(CCCCCCCOc2cc(-n3cc(C(=O)Nc4cc(F)cc(F)c4)c(=O)c4ccc(N(C)C)nc43)ccc2C)CCCC1. The van der Waals surface area contributed by atoms with Crippen molar-refractivity contribution in [1.29, 1.82) is 0 Å². The first-order chi connectivity index (χ1) is 22.6. The number of benzene rings is 2. The summed E-state index contributed by atoms with van der Waals surface area (Å²) >= 11 is 0. The first kappa shape index (κ1) is 34.0. The summed E-state index contributed by atoms with van der Waals surface area (Å²) in [6.07, 6.45) is 9.95. The molecule has 1 aliphatic heterocycles. The van der Waals surface area contributed by atoms with Crippen LogP contribution in [-0.4, -0.2) is 66.8 Å². The number of nitrogens with one attached hydrogen (secondary N) is 1. The largest absolute Gasteiger partial charge is 0.493 e. The standard InChI is InChI=1S/C37H45F2N5O3/c1-5-44(18-10-11-19-44)17-9-7-6-8-12-20-47-33-24-30(14-13-26(33)2)43-25-32(37(46)40-29-22-27(38)21-28(39)23-29)35(45)31-15-16-34(42(3)4)41-36(31)43/h13-16,21-25H,5-12,17-20H2,1-4H3/p+1. The van der Waals surface area contributed by atoms with Crippen molar-refractivity contribution in [3.8, 4) is 11.4 Å². The first-order valence-electron chi connectivity index (χ1n) is 16.7. The van der Waals surface area contributed by atoms with E-state index >= 15 is 0 Å². The molecule has 1 saturated heterocycles. The van der Waals surface area contributed by atoms with E-state index in [1.807, 2.05) is 44.1 Å². The van der Waals surface area contributed by atoms with Crippen LogP contribution in [0.4, 0.5) is 20.3 Å². The van der Waals surface area contributed by atoms with E-state index in [1.54, 1.807) is 16.7 Å². The van der Waals surface area contributed by atoms with Crippen molar-refractivity contribution in [3.63, 3.8) is 0 Å². The molecule has 10 heteroatoms. The number of hydrogen-bond donors (Lipinski definition) is 1. The van der Waals surface area contributed by atoms with E-state index < -0.39 is 23.0 Å². The number of fused-ring (bicyclic) bond motifs is 1. The van der Waals surface area contributed by atoms with Gasteiger partial charge in [-0.15, -0.1) is 0 Å². The van der Waals surface area contributed by atoms with Gasteiger partial charge in [-0.2, -0.15) is 0 Å². The van der Waals surface area contributed by atoms with Crippen molar-refractivity contribution < 1.29 is 22.8 Å². The number of aromatic nitrogens is 2. The molecule has 4 aromatic rings. The van der Waals surface area contributed by atoms with Gasteiger partial charge in [-0.05, 0) is 69.0 Å². The molecular weight excluding hydrogens is 600 g/mol. The molecule has 0 spiro atoms. The first-order valence-corrected chi connectivity index (χ1v) is 16.7. The highest BCUT2D eigenvalue weighted by atomic mass is 19.1. The molecule has 0 saturated carbocycles. The van der Waals surface area contributed by atoms with Gasteiger partial charge in [0.1, 0.15) is 28.8 Å². The second-order valence-corrected chi connectivity index (χ2v) is 12.9. The number of ether oxygens (including phenoxy) is 1. The lowest BCUT2D eigenvalue weighted by atomic mass is 10.1. The van der Waals surface area contributed by atoms with Gasteiger partial charge < -0.3 is 24.0 Å². The number of rotatable bonds is 14. The van der Waals surface area contributed by atoms with Crippen LogP contribution >= 0.6 is 0 Å². The summed E-state index contributed by atoms with van der Waals surface area (Å²) < 4.78 is 36.8. The second kappa shape index (κ2) is 15.1. The topological polar surface area (TPSA) is 76.5 Å². The van der Waals surface area contributed by atoms with Crippen LogP contribution in [0, 0.1) is 18.6 Å². The minimum Gasteiger partial charge on any atom is -0.493 e. The normalized spacial score (nSPS) is 14.0. The lowest BCUT2D eigenvalue weighted by Gasteiger charge is -2.33. The van der Waals surface area contributed by atoms with Gasteiger partial charge in [-0.1, -0.05) is 18.9 Å². The number of pyridine rings is 2. The van der Waals surface area contributed by atoms with E-state index in [1.165, 1.54) is 69.0 Å². The Balaban J connectivity index is 1.33. The number of carbonyl (C=O) groups excluding carboxylic acids is 1. The molecule has 0 aliphatic carbocycles. The zero-order valence-corrected chi connectivity index (χ0v) is 28.0. The number of anilines is 2. The van der Waals surface area contributed by atoms with E-state index in [-0.39, 0.29) is 16.6 Å². The average molecular weight is 647 g/mol. The summed E-state index contributed by atoms with van der Waals surface area (Å²) in [7, 11) is 3.70. The quantitative estimate of drug-likeness (QED) is 0.115. The van der Waals surface area contributed by atoms with Crippen molar-refractivity contribution in [1.82, 2.24) is 9.55 Å². The Labute approximate surface area is 275 Å². The highest BCUT2D eigenvalue weighted by Gasteiger charge is 2.29. The Kier molecular flexibility index (Phi) is 10.9. The van der Waals surface area contributed by atoms with Gasteiger partial charge >= 0.3 is 0 Å². The zero-order valence-electron chi connectivity index (χ0n) is 28.0. The molecule has 0 bridgehead atoms. The minimum absolute atomic E-state index is 0.0940. The fourth-order valence-corrected chi connectivity index (χ4v) is 6.49. The Hall–Kier alpha value is -4.31. The van der Waals surface area contributed by atoms with E-state index in [0.717, 1.165) is 30.5 Å². The van der Waals surface area contributed by atoms with Crippen LogP contribution in [0.25, 0.3) is 16.7 Å². The number of carbonyl (C=O) groups is 1. The highest BCUT2D eigenvalue weighted by molar-refractivity contribution is 6.05. The van der Waals surface area contributed by atoms with Crippen LogP contribution in [0.1, 0.15) is 67.8 Å². The fraction of sp³-hybridized carbons (Fsp3) is 0.432. The summed E-state index contributed by atoms with van der Waals surface area (Å²) in [6, 6.07) is 11.7. The number of amides is 1. The third-order valence-corrected chi connectivity index (χ3v) is 9.33. The molecule has 8 nitrogen and oxygen atoms in total. The Morgan fingerprint density at radius 3 is 2.38 bits per heavy atom. The summed E-state index contributed by atoms with van der Waals surface area (Å²) in [6.45, 7) is 10.1. The Morgan fingerprint density at radius 2 is 1.68 bits per heavy atom. The molecule has 250 valence electrons. The molecule has 1 aliphatic rings. The molecule has 1 N–H and O–H groups in total. The minimum atomic E-state index is -0.840. The van der Waals surface area contributed by atoms with E-state index in [9.17, 15) is 18.4 Å². The molecule has 0 unspecified atom stereocenters. The van der Waals surface area contributed by atoms with E-state index in [0.29, 0.717) is 35.6 Å². The van der Waals surface area contributed by atoms with Gasteiger partial charge in [0.05, 0.1) is 43.9 Å². The molecular formula is C37H46F2N5O3+. The molecule has 47 heavy (non-hydrogen) atoms. The molecule has 1 amide bonds. The maximum Gasteiger partial charge on any atom is 0.261 e. The van der Waals surface area contributed by atoms with Crippen LogP contribution in [0.15, 0.2) is 59.5 Å². The van der Waals surface area contributed by atoms with Crippen molar-refractivity contribution in [2.75, 3.05) is 57.1 Å². The van der Waals surface area contributed by atoms with Crippen LogP contribution < -0.4 is 20.4 Å². The summed E-state index contributed by atoms with van der Waals surface area (Å²) in [5.74, 6) is -1.13. The Bertz CT molecular complexity index is 1760. The van der Waals surface area contributed by atoms with Crippen LogP contribution in [0.5, 0.6) is 5.75 Å². The van der Waals surface area contributed by atoms with Gasteiger partial charge in [-0.3, -0.25) is 9.59 Å². The summed E-state index contributed by atoms with van der Waals surface area (Å²) in [5, 5.41) is 2.69. The molecule has 3 heterocycles. The number of unbranched alkanes of at least 4 members (excludes halogenated alkanes) is 4. The molecule has 5 rings (SSSR count). The lowest BCUT2D eigenvalue weighted by Crippen LogP contribution is -2.45. The van der Waals surface area contributed by atoms with Crippen LogP contribution in [0.2, 0.25) is 0 Å². The van der Waals surface area contributed by atoms with Gasteiger partial charge in [0, 0.05) is 51.0 Å². The maximum absolute atomic E-state index is 13.8. The summed E-state index contributed by atoms with van der Waals surface area (Å²) in [4.78, 5) is 33.4. The number of likely N-dealkylation sites (tertiary alicyclic amines) is 1. The highest BCUT2D eigenvalue weighted by Crippen LogP contribution is 2.26. The fourth-order valence-electron chi connectivity index (χ4n) is 6.49. The molecule has 1 fully saturated rings. The third-order valence-electron chi connectivity index (χ3n) is 9.33. The van der Waals surface area contributed by atoms with Gasteiger partial charge in [-0.25, -0.2) is 13.8 Å². The van der Waals surface area contributed by atoms with Gasteiger partial charge in [0.2, 0.25) is 5.43 Å². The van der Waals surface area contributed by atoms with E-state index in [4.69, 9.17) is 9.72 Å². The predicted molar refractivity (Wildman–Crippen MR) is 184 cm³/mol. The van der Waals surface area contributed by atoms with Crippen molar-refractivity contribution >= 4 is 28.4 Å². The number of quaternary nitrogens is 1. The average Bonchev–Trinajstić information content (AvgIpc) is 3.52. The third kappa shape index (κ3) is 8.16. The number of aryl methyl sites for hydroxylation is 1. The predicted octanol–water partition coefficient (Wildman–Crippen LogP) is 7.25. The van der Waals surface area contributed by atoms with Crippen LogP contribution in [0.3, 0.4) is 0 Å². The molecule has 0 radical (unpaired) electrons. The van der Waals surface area contributed by atoms with Gasteiger partial charge in [0.25, 0.3) is 5.91 Å². The summed E-state index contributed by atoms with van der Waals surface area (Å²) in [5.41, 5.74) is 1.15. The second-order valence-electron chi connectivity index (χ2n) is 12.9. The Morgan fingerprint density at radius 1 is 0.979 bits per heavy atom. The van der Waals surface area contributed by atoms with Crippen molar-refractivity contribution in [3.05, 3.63) is 87.7 Å². The van der Waals surface area contributed by atoms with Crippen molar-refractivity contribution in [2.45, 2.75) is 58.8 Å². The number of halogens is 2. The van der Waals surface area contributed by atoms with Crippen molar-refractivity contribution in [2.24, 2.45) is 0 Å². The maximum atomic E-state index is 13.8. The van der Waals surface area contributed by atoms with E-state index in [2.05, 4.69) is 12.2 Å². The number of hydrogen-bond acceptors (Lipinski definition) is 5.